The summed E-state index contributed by atoms with van der Waals surface area (Å²) in [5.74, 6) is 0. The molecule has 0 saturated heterocycles. The Morgan fingerprint density at radius 2 is 2.43 bits per heavy atom. The molecule has 0 aromatic rings. The van der Waals surface area contributed by atoms with Crippen molar-refractivity contribution in [2.75, 3.05) is 6.54 Å². The van der Waals surface area contributed by atoms with E-state index in [-0.39, 0.29) is 6.54 Å². The average molecular weight is 100 g/mol. The minimum Gasteiger partial charge on any atom is -0.315 e. The quantitative estimate of drug-likeness (QED) is 0.499. The lowest BCUT2D eigenvalue weighted by Crippen LogP contribution is -2.18. The summed E-state index contributed by atoms with van der Waals surface area (Å²) in [6.07, 6.45) is 0.176. The molecule has 3 nitrogen and oxygen atoms in total. The largest absolute Gasteiger partial charge is 0.450 e. The number of nitrogens with one attached hydrogen (secondary N) is 1. The van der Waals surface area contributed by atoms with Crippen molar-refractivity contribution in [2.24, 2.45) is 0 Å². The lowest BCUT2D eigenvalue weighted by atomic mass is 10.6. The predicted molar refractivity (Wildman–Crippen MR) is 24.3 cm³/mol. The molecule has 0 bridgehead atoms. The van der Waals surface area contributed by atoms with Crippen molar-refractivity contribution in [3.05, 3.63) is 12.7 Å². The Morgan fingerprint density at radius 1 is 1.86 bits per heavy atom. The first-order chi connectivity index (χ1) is 3.27. The number of carbonyl (C=O) groups is 1. The van der Waals surface area contributed by atoms with E-state index in [2.05, 4.69) is 6.58 Å². The minimum atomic E-state index is -1.26. The van der Waals surface area contributed by atoms with Crippen LogP contribution in [-0.2, 0) is 5.11 Å². The third-order valence-corrected chi connectivity index (χ3v) is 0.391. The molecule has 1 N–H and O–H groups in total. The van der Waals surface area contributed by atoms with Gasteiger partial charge in [-0.1, -0.05) is 6.08 Å². The van der Waals surface area contributed by atoms with Crippen molar-refractivity contribution in [1.29, 1.82) is 0 Å². The van der Waals surface area contributed by atoms with E-state index in [1.807, 2.05) is 5.32 Å². The molecule has 0 atom stereocenters. The summed E-state index contributed by atoms with van der Waals surface area (Å²) in [6, 6.07) is 0. The van der Waals surface area contributed by atoms with Gasteiger partial charge in [0, 0.05) is 6.54 Å². The first kappa shape index (κ1) is 6.01. The number of rotatable bonds is 2. The summed E-state index contributed by atoms with van der Waals surface area (Å²) in [7, 11) is 0. The molecule has 0 aliphatic carbocycles. The van der Waals surface area contributed by atoms with Crippen LogP contribution in [0.15, 0.2) is 12.7 Å². The van der Waals surface area contributed by atoms with Crippen LogP contribution in [0.1, 0.15) is 0 Å². The van der Waals surface area contributed by atoms with Gasteiger partial charge >= 0.3 is 6.09 Å². The van der Waals surface area contributed by atoms with Crippen LogP contribution in [0.25, 0.3) is 0 Å². The van der Waals surface area contributed by atoms with Crippen LogP contribution in [0.2, 0.25) is 0 Å². The number of amides is 1. The number of hydrogen-bond donors (Lipinski definition) is 1. The number of carbonyl (C=O) groups excluding carboxylic acids is 1. The fraction of sp³-hybridized carbons (Fsp3) is 0.250. The zero-order valence-electron chi connectivity index (χ0n) is 3.81. The first-order valence-corrected chi connectivity index (χ1v) is 1.83. The van der Waals surface area contributed by atoms with Gasteiger partial charge in [0.15, 0.2) is 0 Å². The van der Waals surface area contributed by atoms with Gasteiger partial charge in [-0.3, -0.25) is 0 Å². The monoisotopic (exact) mass is 100 g/mol. The summed E-state index contributed by atoms with van der Waals surface area (Å²) in [5, 5.41) is 11.5. The third kappa shape index (κ3) is 5.01. The van der Waals surface area contributed by atoms with E-state index in [0.717, 1.165) is 0 Å². The van der Waals surface area contributed by atoms with Crippen LogP contribution >= 0.6 is 0 Å². The maximum Gasteiger partial charge on any atom is 0.450 e. The van der Waals surface area contributed by atoms with Gasteiger partial charge in [0.05, 0.1) is 0 Å². The van der Waals surface area contributed by atoms with Gasteiger partial charge in [-0.2, -0.15) is 0 Å². The molecule has 0 aliphatic heterocycles. The van der Waals surface area contributed by atoms with Crippen molar-refractivity contribution in [1.82, 2.24) is 5.32 Å². The van der Waals surface area contributed by atoms with Gasteiger partial charge in [-0.15, -0.1) is 6.58 Å². The predicted octanol–water partition coefficient (Wildman–Crippen LogP) is 0.313. The molecule has 0 rings (SSSR count). The fourth-order valence-electron chi connectivity index (χ4n) is 0.156. The molecule has 0 aromatic heterocycles. The Labute approximate surface area is 41.7 Å². The van der Waals surface area contributed by atoms with E-state index < -0.39 is 6.09 Å². The second-order valence-electron chi connectivity index (χ2n) is 0.957. The molecule has 0 aliphatic rings. The van der Waals surface area contributed by atoms with Crippen LogP contribution in [0, 0.1) is 0 Å². The molecular weight excluding hydrogens is 94.0 g/mol. The van der Waals surface area contributed by atoms with Crippen molar-refractivity contribution >= 4 is 6.09 Å². The fourth-order valence-corrected chi connectivity index (χ4v) is 0.156. The highest BCUT2D eigenvalue weighted by molar-refractivity contribution is 5.63. The van der Waals surface area contributed by atoms with Crippen LogP contribution in [0.4, 0.5) is 4.79 Å². The summed E-state index contributed by atoms with van der Waals surface area (Å²) in [5.41, 5.74) is 0. The topological polar surface area (TPSA) is 49.0 Å². The molecule has 0 fully saturated rings. The van der Waals surface area contributed by atoms with Gasteiger partial charge in [0.1, 0.15) is 0 Å². The molecule has 1 radical (unpaired) electrons. The SMILES string of the molecule is C=CCNC([O])=O. The highest BCUT2D eigenvalue weighted by atomic mass is 16.4. The normalized spacial score (nSPS) is 7.43. The Balaban J connectivity index is 2.97. The van der Waals surface area contributed by atoms with E-state index >= 15 is 0 Å². The summed E-state index contributed by atoms with van der Waals surface area (Å²) >= 11 is 0. The van der Waals surface area contributed by atoms with E-state index in [1.54, 1.807) is 0 Å². The maximum atomic E-state index is 9.49. The van der Waals surface area contributed by atoms with Gasteiger partial charge in [0.25, 0.3) is 0 Å². The minimum absolute atomic E-state index is 0.252. The molecule has 0 unspecified atom stereocenters. The molecule has 0 saturated carbocycles. The molecule has 0 aromatic carbocycles. The highest BCUT2D eigenvalue weighted by Gasteiger charge is 1.88. The smallest absolute Gasteiger partial charge is 0.315 e. The molecule has 0 heterocycles. The Kier molecular flexibility index (Phi) is 2.76. The summed E-state index contributed by atoms with van der Waals surface area (Å²) in [4.78, 5) is 9.49. The average Bonchev–Trinajstić information content (AvgIpc) is 1.61. The lowest BCUT2D eigenvalue weighted by Gasteiger charge is -1.85. The molecule has 39 valence electrons. The van der Waals surface area contributed by atoms with E-state index in [1.165, 1.54) is 6.08 Å². The second-order valence-corrected chi connectivity index (χ2v) is 0.957. The Bertz CT molecular complexity index is 79.8. The van der Waals surface area contributed by atoms with E-state index in [9.17, 15) is 9.90 Å². The van der Waals surface area contributed by atoms with Crippen LogP contribution < -0.4 is 5.32 Å². The molecular formula is C4H6NO2. The van der Waals surface area contributed by atoms with Crippen LogP contribution in [0.3, 0.4) is 0 Å². The summed E-state index contributed by atoms with van der Waals surface area (Å²) in [6.45, 7) is 3.53. The third-order valence-electron chi connectivity index (χ3n) is 0.391. The number of hydrogen-bond acceptors (Lipinski definition) is 1. The maximum absolute atomic E-state index is 9.49. The second kappa shape index (κ2) is 3.21. The molecule has 0 spiro atoms. The molecule has 7 heavy (non-hydrogen) atoms. The molecule has 1 amide bonds. The van der Waals surface area contributed by atoms with Crippen molar-refractivity contribution in [3.8, 4) is 0 Å². The first-order valence-electron chi connectivity index (χ1n) is 1.83. The van der Waals surface area contributed by atoms with Crippen molar-refractivity contribution in [2.45, 2.75) is 0 Å². The zero-order valence-corrected chi connectivity index (χ0v) is 3.81. The highest BCUT2D eigenvalue weighted by Crippen LogP contribution is 1.60. The standard InChI is InChI=1S/C4H6NO2/c1-2-3-5-4(6)7/h2,5H,1,3H2. The Hall–Kier alpha value is -0.990. The van der Waals surface area contributed by atoms with E-state index in [0.29, 0.717) is 0 Å². The van der Waals surface area contributed by atoms with Crippen LogP contribution in [0.5, 0.6) is 0 Å². The van der Waals surface area contributed by atoms with Crippen molar-refractivity contribution in [3.63, 3.8) is 0 Å². The van der Waals surface area contributed by atoms with Gasteiger partial charge in [-0.25, -0.2) is 9.90 Å². The van der Waals surface area contributed by atoms with E-state index in [4.69, 9.17) is 0 Å². The van der Waals surface area contributed by atoms with Gasteiger partial charge < -0.3 is 5.32 Å². The molecule has 3 heteroatoms. The summed E-state index contributed by atoms with van der Waals surface area (Å²) < 4.78 is 0. The van der Waals surface area contributed by atoms with Gasteiger partial charge in [-0.05, 0) is 0 Å². The zero-order chi connectivity index (χ0) is 5.70. The van der Waals surface area contributed by atoms with Crippen LogP contribution in [-0.4, -0.2) is 12.6 Å². The lowest BCUT2D eigenvalue weighted by molar-refractivity contribution is 0.170. The van der Waals surface area contributed by atoms with Crippen molar-refractivity contribution < 1.29 is 9.90 Å². The Morgan fingerprint density at radius 3 is 2.57 bits per heavy atom. The van der Waals surface area contributed by atoms with Gasteiger partial charge in [0.2, 0.25) is 0 Å².